The van der Waals surface area contributed by atoms with Gasteiger partial charge in [0, 0.05) is 50.1 Å². The molecule has 0 fully saturated rings. The van der Waals surface area contributed by atoms with Gasteiger partial charge in [-0.25, -0.2) is 19.6 Å². The first-order chi connectivity index (χ1) is 24.1. The van der Waals surface area contributed by atoms with Crippen molar-refractivity contribution >= 4 is 29.5 Å². The highest BCUT2D eigenvalue weighted by molar-refractivity contribution is 6.12. The van der Waals surface area contributed by atoms with Gasteiger partial charge in [0.05, 0.1) is 17.8 Å². The van der Waals surface area contributed by atoms with Gasteiger partial charge in [-0.05, 0) is 35.6 Å². The lowest BCUT2D eigenvalue weighted by Crippen LogP contribution is -2.53. The molecule has 3 aromatic rings. The number of amides is 5. The van der Waals surface area contributed by atoms with E-state index in [4.69, 9.17) is 16.6 Å². The summed E-state index contributed by atoms with van der Waals surface area (Å²) in [4.78, 5) is 69.2. The number of nitrogens with zero attached hydrogens (tertiary/aromatic N) is 5. The Morgan fingerprint density at radius 2 is 1.71 bits per heavy atom. The second-order valence-electron chi connectivity index (χ2n) is 13.1. The zero-order valence-corrected chi connectivity index (χ0v) is 28.6. The van der Waals surface area contributed by atoms with Crippen molar-refractivity contribution in [1.29, 1.82) is 0 Å². The molecule has 1 aliphatic heterocycles. The molecule has 1 aromatic heterocycles. The minimum atomic E-state index is -1.27. The van der Waals surface area contributed by atoms with Crippen LogP contribution in [-0.2, 0) is 30.5 Å². The zero-order chi connectivity index (χ0) is 37.5. The van der Waals surface area contributed by atoms with Crippen molar-refractivity contribution in [2.45, 2.75) is 45.8 Å². The molecule has 1 aliphatic rings. The number of aromatic nitrogens is 2. The first kappa shape index (κ1) is 38.5. The highest BCUT2D eigenvalue weighted by Crippen LogP contribution is 2.39. The molecule has 2 unspecified atom stereocenters. The van der Waals surface area contributed by atoms with Gasteiger partial charge < -0.3 is 25.6 Å². The summed E-state index contributed by atoms with van der Waals surface area (Å²) in [5.74, 6) is 1.66. The van der Waals surface area contributed by atoms with Gasteiger partial charge in [-0.15, -0.1) is 0 Å². The summed E-state index contributed by atoms with van der Waals surface area (Å²) in [6, 6.07) is 10.2. The number of hydrogen-bond donors (Lipinski definition) is 4. The van der Waals surface area contributed by atoms with Crippen LogP contribution >= 0.6 is 0 Å². The van der Waals surface area contributed by atoms with Gasteiger partial charge in [-0.3, -0.25) is 33.9 Å². The van der Waals surface area contributed by atoms with E-state index >= 15 is 0 Å². The van der Waals surface area contributed by atoms with Gasteiger partial charge in [0.25, 0.3) is 17.7 Å². The largest absolute Gasteiger partial charge is 0.387 e. The zero-order valence-electron chi connectivity index (χ0n) is 28.6. The number of halogens is 2. The van der Waals surface area contributed by atoms with E-state index in [0.717, 1.165) is 40.8 Å². The first-order valence-corrected chi connectivity index (χ1v) is 16.2. The fourth-order valence-corrected chi connectivity index (χ4v) is 5.72. The maximum atomic E-state index is 15.0. The van der Waals surface area contributed by atoms with Gasteiger partial charge in [0.1, 0.15) is 30.6 Å². The van der Waals surface area contributed by atoms with Gasteiger partial charge in [-0.1, -0.05) is 51.1 Å². The van der Waals surface area contributed by atoms with Crippen LogP contribution in [0.25, 0.3) is 11.3 Å². The smallest absolute Gasteiger partial charge is 0.253 e. The molecule has 0 radical (unpaired) electrons. The van der Waals surface area contributed by atoms with Gasteiger partial charge in [0.2, 0.25) is 11.8 Å². The van der Waals surface area contributed by atoms with Crippen LogP contribution in [0.1, 0.15) is 44.6 Å². The molecule has 16 heteroatoms. The summed E-state index contributed by atoms with van der Waals surface area (Å²) >= 11 is 0. The molecule has 0 bridgehead atoms. The molecule has 51 heavy (non-hydrogen) atoms. The Hall–Kier alpha value is -5.32. The number of aliphatic hydroxyl groups is 1. The SMILES string of the molecule is CC(C)(C)C(c1nc(-c2cc(F)ccc2F)cn1Cc1ccccc1)N(CCC(N)C(=O)N(N)CC(=O)NCCN1C(=O)C=CC1=O)C(=O)CO. The van der Waals surface area contributed by atoms with Crippen molar-refractivity contribution in [3.63, 3.8) is 0 Å². The molecule has 14 nitrogen and oxygen atoms in total. The number of nitrogens with two attached hydrogens (primary N) is 2. The summed E-state index contributed by atoms with van der Waals surface area (Å²) in [6.07, 6.45) is 3.68. The number of imide groups is 1. The van der Waals surface area contributed by atoms with Crippen molar-refractivity contribution in [2.24, 2.45) is 17.0 Å². The van der Waals surface area contributed by atoms with Crippen molar-refractivity contribution in [2.75, 3.05) is 32.8 Å². The van der Waals surface area contributed by atoms with Gasteiger partial charge >= 0.3 is 0 Å². The molecule has 0 spiro atoms. The second-order valence-corrected chi connectivity index (χ2v) is 13.1. The van der Waals surface area contributed by atoms with E-state index in [-0.39, 0.29) is 43.9 Å². The Kier molecular flexibility index (Phi) is 12.5. The molecule has 5 amide bonds. The van der Waals surface area contributed by atoms with Crippen molar-refractivity contribution < 1.29 is 37.9 Å². The van der Waals surface area contributed by atoms with Crippen LogP contribution in [0.3, 0.4) is 0 Å². The lowest BCUT2D eigenvalue weighted by molar-refractivity contribution is -0.141. The maximum absolute atomic E-state index is 15.0. The van der Waals surface area contributed by atoms with E-state index in [9.17, 15) is 37.9 Å². The third kappa shape index (κ3) is 9.68. The van der Waals surface area contributed by atoms with E-state index < -0.39 is 71.8 Å². The number of carbonyl (C=O) groups is 5. The first-order valence-electron chi connectivity index (χ1n) is 16.2. The number of rotatable bonds is 15. The highest BCUT2D eigenvalue weighted by Gasteiger charge is 2.39. The van der Waals surface area contributed by atoms with Crippen LogP contribution < -0.4 is 16.9 Å². The van der Waals surface area contributed by atoms with Crippen LogP contribution in [0, 0.1) is 17.0 Å². The summed E-state index contributed by atoms with van der Waals surface area (Å²) in [6.45, 7) is 4.05. The number of nitrogens with one attached hydrogen (secondary N) is 1. The Morgan fingerprint density at radius 3 is 2.33 bits per heavy atom. The van der Waals surface area contributed by atoms with Crippen LogP contribution in [0.4, 0.5) is 8.78 Å². The Morgan fingerprint density at radius 1 is 1.04 bits per heavy atom. The average molecular weight is 709 g/mol. The topological polar surface area (TPSA) is 197 Å². The summed E-state index contributed by atoms with van der Waals surface area (Å²) in [7, 11) is 0. The molecule has 0 saturated carbocycles. The van der Waals surface area contributed by atoms with E-state index in [1.54, 1.807) is 10.8 Å². The molecular formula is C35H42F2N8O6. The minimum Gasteiger partial charge on any atom is -0.387 e. The van der Waals surface area contributed by atoms with Crippen LogP contribution in [0.5, 0.6) is 0 Å². The fourth-order valence-electron chi connectivity index (χ4n) is 5.72. The quantitative estimate of drug-likeness (QED) is 0.0777. The monoisotopic (exact) mass is 708 g/mol. The van der Waals surface area contributed by atoms with Crippen LogP contribution in [-0.4, -0.2) is 97.8 Å². The number of aliphatic hydroxyl groups excluding tert-OH is 1. The second kappa shape index (κ2) is 16.6. The lowest BCUT2D eigenvalue weighted by Gasteiger charge is -2.40. The Labute approximate surface area is 293 Å². The van der Waals surface area contributed by atoms with Gasteiger partial charge in [0.15, 0.2) is 0 Å². The van der Waals surface area contributed by atoms with E-state index in [1.165, 1.54) is 4.90 Å². The minimum absolute atomic E-state index is 0.0634. The summed E-state index contributed by atoms with van der Waals surface area (Å²) in [5, 5.41) is 13.1. The predicted molar refractivity (Wildman–Crippen MR) is 181 cm³/mol. The number of hydrogen-bond acceptors (Lipinski definition) is 9. The predicted octanol–water partition coefficient (Wildman–Crippen LogP) is 1.25. The van der Waals surface area contributed by atoms with Crippen LogP contribution in [0.2, 0.25) is 0 Å². The third-order valence-electron chi connectivity index (χ3n) is 8.19. The number of imidazole rings is 1. The Bertz CT molecular complexity index is 1770. The molecule has 2 aromatic carbocycles. The van der Waals surface area contributed by atoms with E-state index in [2.05, 4.69) is 5.32 Å². The molecule has 0 saturated heterocycles. The van der Waals surface area contributed by atoms with Crippen LogP contribution in [0.15, 0.2) is 66.9 Å². The Balaban J connectivity index is 1.54. The van der Waals surface area contributed by atoms with Crippen molar-refractivity contribution in [1.82, 2.24) is 29.7 Å². The van der Waals surface area contributed by atoms with E-state index in [0.29, 0.717) is 10.8 Å². The number of carbonyl (C=O) groups excluding carboxylic acids is 5. The normalized spacial score (nSPS) is 14.1. The molecule has 0 aliphatic carbocycles. The third-order valence-corrected chi connectivity index (χ3v) is 8.19. The molecule has 2 heterocycles. The van der Waals surface area contributed by atoms with Crippen molar-refractivity contribution in [3.8, 4) is 11.3 Å². The summed E-state index contributed by atoms with van der Waals surface area (Å²) < 4.78 is 30.9. The molecule has 4 rings (SSSR count). The number of benzene rings is 2. The number of hydrazine groups is 1. The van der Waals surface area contributed by atoms with E-state index in [1.807, 2.05) is 51.1 Å². The highest BCUT2D eigenvalue weighted by atomic mass is 19.1. The molecule has 272 valence electrons. The molecule has 2 atom stereocenters. The fraction of sp³-hybridized carbons (Fsp3) is 0.371. The molecule has 6 N–H and O–H groups in total. The standard InChI is InChI=1S/C35H42F2N8O6/c1-35(2,3)32(33-41-27(24-17-23(36)9-10-25(24)37)19-42(33)18-22-7-5-4-6-8-22)44(31(50)21-46)15-13-26(38)34(51)45(39)20-28(47)40-14-16-43-29(48)11-12-30(43)49/h4-12,17,19,26,32,46H,13-16,18,20-21,38-39H2,1-3H3,(H,40,47). The average Bonchev–Trinajstić information content (AvgIpc) is 3.64. The summed E-state index contributed by atoms with van der Waals surface area (Å²) in [5.41, 5.74) is 6.36. The maximum Gasteiger partial charge on any atom is 0.253 e. The van der Waals surface area contributed by atoms with Gasteiger partial charge in [-0.2, -0.15) is 0 Å². The lowest BCUT2D eigenvalue weighted by atomic mass is 9.84. The molecular weight excluding hydrogens is 666 g/mol. The van der Waals surface area contributed by atoms with Crippen molar-refractivity contribution in [3.05, 3.63) is 89.9 Å².